The number of nitrogens with one attached hydrogen (secondary N) is 1. The number of carbonyl (C=O) groups is 1. The van der Waals surface area contributed by atoms with Crippen molar-refractivity contribution >= 4 is 11.6 Å². The monoisotopic (exact) mass is 378 g/mol. The Labute approximate surface area is 151 Å². The van der Waals surface area contributed by atoms with Crippen molar-refractivity contribution in [3.8, 4) is 17.3 Å². The van der Waals surface area contributed by atoms with Gasteiger partial charge in [0.05, 0.1) is 11.9 Å². The highest BCUT2D eigenvalue weighted by Gasteiger charge is 2.28. The van der Waals surface area contributed by atoms with Crippen molar-refractivity contribution in [1.82, 2.24) is 25.2 Å². The first-order valence-corrected chi connectivity index (χ1v) is 7.68. The molecule has 1 amide bonds. The van der Waals surface area contributed by atoms with E-state index < -0.39 is 18.7 Å². The van der Waals surface area contributed by atoms with E-state index in [0.29, 0.717) is 11.5 Å². The van der Waals surface area contributed by atoms with Crippen LogP contribution in [0.3, 0.4) is 0 Å². The molecule has 2 heterocycles. The van der Waals surface area contributed by atoms with E-state index in [1.807, 2.05) is 30.3 Å². The molecule has 0 bridgehead atoms. The summed E-state index contributed by atoms with van der Waals surface area (Å²) in [5, 5.41) is 14.3. The van der Waals surface area contributed by atoms with Crippen LogP contribution in [0, 0.1) is 0 Å². The second kappa shape index (κ2) is 7.81. The highest BCUT2D eigenvalue weighted by Crippen LogP contribution is 2.18. The quantitative estimate of drug-likeness (QED) is 0.707. The minimum atomic E-state index is -4.45. The first-order valence-electron chi connectivity index (χ1n) is 7.68. The van der Waals surface area contributed by atoms with E-state index in [-0.39, 0.29) is 12.4 Å². The summed E-state index contributed by atoms with van der Waals surface area (Å²) < 4.78 is 40.7. The lowest BCUT2D eigenvalue weighted by Crippen LogP contribution is -2.21. The number of carbonyl (C=O) groups excluding carboxylic acids is 1. The van der Waals surface area contributed by atoms with Crippen LogP contribution in [0.1, 0.15) is 0 Å². The molecule has 0 aliphatic carbocycles. The minimum Gasteiger partial charge on any atom is -0.468 e. The Morgan fingerprint density at radius 2 is 1.93 bits per heavy atom. The zero-order chi connectivity index (χ0) is 19.3. The van der Waals surface area contributed by atoms with Gasteiger partial charge < -0.3 is 10.1 Å². The van der Waals surface area contributed by atoms with Crippen LogP contribution in [-0.4, -0.2) is 43.9 Å². The number of halogens is 3. The third-order valence-electron chi connectivity index (χ3n) is 3.17. The van der Waals surface area contributed by atoms with E-state index in [1.165, 1.54) is 18.3 Å². The minimum absolute atomic E-state index is 0.188. The number of rotatable bonds is 6. The number of tetrazole rings is 1. The molecule has 8 nitrogen and oxygen atoms in total. The predicted molar refractivity (Wildman–Crippen MR) is 87.7 cm³/mol. The van der Waals surface area contributed by atoms with Gasteiger partial charge in [-0.25, -0.2) is 4.98 Å². The number of anilines is 1. The number of alkyl halides is 3. The molecule has 2 aromatic heterocycles. The number of amides is 1. The Morgan fingerprint density at radius 3 is 2.59 bits per heavy atom. The van der Waals surface area contributed by atoms with Crippen molar-refractivity contribution in [2.24, 2.45) is 0 Å². The first-order chi connectivity index (χ1) is 12.9. The van der Waals surface area contributed by atoms with Crippen LogP contribution in [0.15, 0.2) is 48.7 Å². The lowest BCUT2D eigenvalue weighted by atomic mass is 10.2. The number of benzene rings is 1. The van der Waals surface area contributed by atoms with Crippen LogP contribution in [0.25, 0.3) is 11.4 Å². The Bertz CT molecular complexity index is 897. The number of nitrogens with zero attached hydrogens (tertiary/aromatic N) is 5. The van der Waals surface area contributed by atoms with E-state index in [2.05, 4.69) is 30.4 Å². The van der Waals surface area contributed by atoms with Crippen molar-refractivity contribution in [3.63, 3.8) is 0 Å². The third kappa shape index (κ3) is 5.49. The van der Waals surface area contributed by atoms with E-state index in [9.17, 15) is 18.0 Å². The fraction of sp³-hybridized carbons (Fsp3) is 0.188. The highest BCUT2D eigenvalue weighted by atomic mass is 19.4. The van der Waals surface area contributed by atoms with Crippen molar-refractivity contribution in [2.45, 2.75) is 12.7 Å². The Balaban J connectivity index is 1.54. The number of hydrogen-bond donors (Lipinski definition) is 1. The van der Waals surface area contributed by atoms with Gasteiger partial charge in [0.2, 0.25) is 17.6 Å². The number of pyridine rings is 1. The number of hydrogen-bond acceptors (Lipinski definition) is 6. The summed E-state index contributed by atoms with van der Waals surface area (Å²) in [5.74, 6) is -0.259. The van der Waals surface area contributed by atoms with Crippen LogP contribution < -0.4 is 10.1 Å². The van der Waals surface area contributed by atoms with Gasteiger partial charge >= 0.3 is 6.18 Å². The van der Waals surface area contributed by atoms with Gasteiger partial charge in [0, 0.05) is 11.6 Å². The fourth-order valence-electron chi connectivity index (χ4n) is 2.04. The first kappa shape index (κ1) is 18.3. The maximum Gasteiger partial charge on any atom is 0.422 e. The smallest absolute Gasteiger partial charge is 0.422 e. The SMILES string of the molecule is O=C(Cn1nnc(-c2ccccc2)n1)Nc1ccc(OCC(F)(F)F)nc1. The van der Waals surface area contributed by atoms with Crippen LogP contribution in [0.5, 0.6) is 5.88 Å². The fourth-order valence-corrected chi connectivity index (χ4v) is 2.04. The summed E-state index contributed by atoms with van der Waals surface area (Å²) >= 11 is 0. The van der Waals surface area contributed by atoms with Crippen molar-refractivity contribution in [2.75, 3.05) is 11.9 Å². The number of aromatic nitrogens is 5. The van der Waals surface area contributed by atoms with Gasteiger partial charge in [-0.05, 0) is 11.3 Å². The molecule has 0 saturated heterocycles. The molecule has 27 heavy (non-hydrogen) atoms. The molecule has 0 aliphatic rings. The van der Waals surface area contributed by atoms with Gasteiger partial charge in [-0.2, -0.15) is 18.0 Å². The molecular formula is C16H13F3N6O2. The van der Waals surface area contributed by atoms with E-state index in [1.54, 1.807) is 0 Å². The number of ether oxygens (including phenoxy) is 1. The zero-order valence-electron chi connectivity index (χ0n) is 13.7. The van der Waals surface area contributed by atoms with Gasteiger partial charge in [0.15, 0.2) is 6.61 Å². The average Bonchev–Trinajstić information content (AvgIpc) is 3.09. The Morgan fingerprint density at radius 1 is 1.15 bits per heavy atom. The molecule has 0 saturated carbocycles. The highest BCUT2D eigenvalue weighted by molar-refractivity contribution is 5.90. The third-order valence-corrected chi connectivity index (χ3v) is 3.17. The standard InChI is InChI=1S/C16H13F3N6O2/c17-16(18,19)10-27-14-7-6-12(8-20-14)21-13(26)9-25-23-15(22-24-25)11-4-2-1-3-5-11/h1-8H,9-10H2,(H,21,26). The van der Waals surface area contributed by atoms with Gasteiger partial charge in [-0.1, -0.05) is 30.3 Å². The van der Waals surface area contributed by atoms with Crippen molar-refractivity contribution in [1.29, 1.82) is 0 Å². The zero-order valence-corrected chi connectivity index (χ0v) is 13.7. The molecule has 0 unspecified atom stereocenters. The molecular weight excluding hydrogens is 365 g/mol. The van der Waals surface area contributed by atoms with Gasteiger partial charge in [0.25, 0.3) is 0 Å². The molecule has 0 fully saturated rings. The molecule has 0 aliphatic heterocycles. The summed E-state index contributed by atoms with van der Waals surface area (Å²) in [6.45, 7) is -1.63. The van der Waals surface area contributed by atoms with Crippen LogP contribution in [0.4, 0.5) is 18.9 Å². The molecule has 0 radical (unpaired) electrons. The van der Waals surface area contributed by atoms with Crippen LogP contribution >= 0.6 is 0 Å². The summed E-state index contributed by atoms with van der Waals surface area (Å²) in [4.78, 5) is 16.9. The molecule has 1 aromatic carbocycles. The maximum atomic E-state index is 12.1. The molecule has 0 atom stereocenters. The molecule has 3 rings (SSSR count). The van der Waals surface area contributed by atoms with Gasteiger partial charge in [-0.3, -0.25) is 4.79 Å². The van der Waals surface area contributed by atoms with Crippen molar-refractivity contribution < 1.29 is 22.7 Å². The largest absolute Gasteiger partial charge is 0.468 e. The topological polar surface area (TPSA) is 94.8 Å². The summed E-state index contributed by atoms with van der Waals surface area (Å²) in [6.07, 6.45) is -3.26. The lowest BCUT2D eigenvalue weighted by Gasteiger charge is -2.09. The lowest BCUT2D eigenvalue weighted by molar-refractivity contribution is -0.154. The summed E-state index contributed by atoms with van der Waals surface area (Å²) in [7, 11) is 0. The maximum absolute atomic E-state index is 12.1. The predicted octanol–water partition coefficient (Wildman–Crippen LogP) is 2.31. The molecule has 0 spiro atoms. The van der Waals surface area contributed by atoms with Crippen LogP contribution in [-0.2, 0) is 11.3 Å². The Hall–Kier alpha value is -3.50. The van der Waals surface area contributed by atoms with E-state index >= 15 is 0 Å². The second-order valence-electron chi connectivity index (χ2n) is 5.35. The average molecular weight is 378 g/mol. The summed E-state index contributed by atoms with van der Waals surface area (Å²) in [6, 6.07) is 11.7. The van der Waals surface area contributed by atoms with Gasteiger partial charge in [0.1, 0.15) is 6.54 Å². The van der Waals surface area contributed by atoms with E-state index in [4.69, 9.17) is 0 Å². The Kier molecular flexibility index (Phi) is 5.29. The molecule has 140 valence electrons. The summed E-state index contributed by atoms with van der Waals surface area (Å²) in [5.41, 5.74) is 1.06. The molecule has 3 aromatic rings. The second-order valence-corrected chi connectivity index (χ2v) is 5.35. The molecule has 1 N–H and O–H groups in total. The van der Waals surface area contributed by atoms with Gasteiger partial charge in [-0.15, -0.1) is 10.2 Å². The van der Waals surface area contributed by atoms with Crippen molar-refractivity contribution in [3.05, 3.63) is 48.7 Å². The van der Waals surface area contributed by atoms with E-state index in [0.717, 1.165) is 10.4 Å². The normalized spacial score (nSPS) is 11.2. The molecule has 11 heteroatoms. The van der Waals surface area contributed by atoms with Crippen LogP contribution in [0.2, 0.25) is 0 Å².